The van der Waals surface area contributed by atoms with Crippen molar-refractivity contribution in [3.05, 3.63) is 0 Å². The van der Waals surface area contributed by atoms with Gasteiger partial charge < -0.3 is 5.11 Å². The highest BCUT2D eigenvalue weighted by molar-refractivity contribution is 5.09. The monoisotopic (exact) mass is 168 g/mol. The van der Waals surface area contributed by atoms with Crippen LogP contribution in [0.25, 0.3) is 0 Å². The fourth-order valence-corrected chi connectivity index (χ4v) is 3.65. The van der Waals surface area contributed by atoms with Gasteiger partial charge in [0.25, 0.3) is 0 Å². The van der Waals surface area contributed by atoms with Crippen molar-refractivity contribution in [3.8, 4) is 0 Å². The van der Waals surface area contributed by atoms with Gasteiger partial charge in [0.15, 0.2) is 0 Å². The summed E-state index contributed by atoms with van der Waals surface area (Å²) in [4.78, 5) is 0. The van der Waals surface area contributed by atoms with E-state index in [1.165, 1.54) is 19.3 Å². The van der Waals surface area contributed by atoms with E-state index in [9.17, 15) is 5.11 Å². The van der Waals surface area contributed by atoms with Gasteiger partial charge in [-0.15, -0.1) is 0 Å². The number of fused-ring (bicyclic) bond motifs is 2. The predicted octanol–water partition coefficient (Wildman–Crippen LogP) is 2.44. The van der Waals surface area contributed by atoms with Crippen molar-refractivity contribution in [1.82, 2.24) is 0 Å². The molecule has 0 radical (unpaired) electrons. The zero-order chi connectivity index (χ0) is 8.98. The molecule has 2 bridgehead atoms. The third kappa shape index (κ3) is 0.736. The van der Waals surface area contributed by atoms with Crippen LogP contribution < -0.4 is 0 Å². The van der Waals surface area contributed by atoms with E-state index in [2.05, 4.69) is 20.8 Å². The standard InChI is InChI=1S/C11H20O/c1-10(2)8-4-5-11(10,3)9(6-8)7-12/h8-9,12H,4-7H2,1-3H3. The van der Waals surface area contributed by atoms with Crippen LogP contribution in [-0.2, 0) is 0 Å². The molecule has 0 aromatic heterocycles. The van der Waals surface area contributed by atoms with Crippen LogP contribution in [0.15, 0.2) is 0 Å². The summed E-state index contributed by atoms with van der Waals surface area (Å²) < 4.78 is 0. The average Bonchev–Trinajstić information content (AvgIpc) is 2.34. The smallest absolute Gasteiger partial charge is 0.0464 e. The van der Waals surface area contributed by atoms with Gasteiger partial charge in [-0.25, -0.2) is 0 Å². The summed E-state index contributed by atoms with van der Waals surface area (Å²) in [5, 5.41) is 9.29. The van der Waals surface area contributed by atoms with E-state index in [0.717, 1.165) is 5.92 Å². The topological polar surface area (TPSA) is 20.2 Å². The highest BCUT2D eigenvalue weighted by atomic mass is 16.3. The summed E-state index contributed by atoms with van der Waals surface area (Å²) in [6, 6.07) is 0. The maximum absolute atomic E-state index is 9.29. The molecule has 12 heavy (non-hydrogen) atoms. The van der Waals surface area contributed by atoms with Gasteiger partial charge in [-0.2, -0.15) is 0 Å². The van der Waals surface area contributed by atoms with E-state index in [4.69, 9.17) is 0 Å². The Labute approximate surface area is 75.2 Å². The highest BCUT2D eigenvalue weighted by Crippen LogP contribution is 2.67. The van der Waals surface area contributed by atoms with E-state index >= 15 is 0 Å². The fourth-order valence-electron chi connectivity index (χ4n) is 3.65. The van der Waals surface area contributed by atoms with Crippen LogP contribution in [0.5, 0.6) is 0 Å². The van der Waals surface area contributed by atoms with Gasteiger partial charge in [0.1, 0.15) is 0 Å². The Morgan fingerprint density at radius 3 is 2.25 bits per heavy atom. The molecule has 2 saturated carbocycles. The lowest BCUT2D eigenvalue weighted by molar-refractivity contribution is 0.0625. The van der Waals surface area contributed by atoms with E-state index in [1.807, 2.05) is 0 Å². The molecule has 0 aromatic rings. The third-order valence-corrected chi connectivity index (χ3v) is 5.20. The van der Waals surface area contributed by atoms with Crippen molar-refractivity contribution < 1.29 is 5.11 Å². The lowest BCUT2D eigenvalue weighted by atomic mass is 9.67. The van der Waals surface area contributed by atoms with Crippen LogP contribution in [0.3, 0.4) is 0 Å². The third-order valence-electron chi connectivity index (χ3n) is 5.20. The zero-order valence-electron chi connectivity index (χ0n) is 8.43. The molecule has 1 nitrogen and oxygen atoms in total. The van der Waals surface area contributed by atoms with Gasteiger partial charge in [-0.1, -0.05) is 20.8 Å². The number of hydrogen-bond donors (Lipinski definition) is 1. The summed E-state index contributed by atoms with van der Waals surface area (Å²) >= 11 is 0. The first kappa shape index (κ1) is 8.55. The molecular weight excluding hydrogens is 148 g/mol. The van der Waals surface area contributed by atoms with Crippen molar-refractivity contribution >= 4 is 0 Å². The molecule has 70 valence electrons. The Morgan fingerprint density at radius 2 is 2.00 bits per heavy atom. The lowest BCUT2D eigenvalue weighted by Crippen LogP contribution is -2.33. The second kappa shape index (κ2) is 2.25. The number of aliphatic hydroxyl groups excluding tert-OH is 1. The Balaban J connectivity index is 2.33. The number of hydrogen-bond acceptors (Lipinski definition) is 1. The molecule has 2 aliphatic rings. The Morgan fingerprint density at radius 1 is 1.33 bits per heavy atom. The van der Waals surface area contributed by atoms with Crippen LogP contribution >= 0.6 is 0 Å². The van der Waals surface area contributed by atoms with Gasteiger partial charge in [0.05, 0.1) is 0 Å². The van der Waals surface area contributed by atoms with Gasteiger partial charge >= 0.3 is 0 Å². The highest BCUT2D eigenvalue weighted by Gasteiger charge is 2.60. The molecular formula is C11H20O. The lowest BCUT2D eigenvalue weighted by Gasteiger charge is -2.38. The van der Waals surface area contributed by atoms with E-state index < -0.39 is 0 Å². The molecule has 2 aliphatic carbocycles. The molecule has 1 heteroatoms. The van der Waals surface area contributed by atoms with Crippen LogP contribution in [0, 0.1) is 22.7 Å². The van der Waals surface area contributed by atoms with E-state index in [1.54, 1.807) is 0 Å². The second-order valence-corrected chi connectivity index (χ2v) is 5.49. The molecule has 2 rings (SSSR count). The minimum absolute atomic E-state index is 0.399. The molecule has 0 aromatic carbocycles. The quantitative estimate of drug-likeness (QED) is 0.637. The predicted molar refractivity (Wildman–Crippen MR) is 49.8 cm³/mol. The molecule has 0 aliphatic heterocycles. The van der Waals surface area contributed by atoms with E-state index in [-0.39, 0.29) is 0 Å². The van der Waals surface area contributed by atoms with Gasteiger partial charge in [0.2, 0.25) is 0 Å². The summed E-state index contributed by atoms with van der Waals surface area (Å²) in [6.45, 7) is 7.55. The summed E-state index contributed by atoms with van der Waals surface area (Å²) in [6.07, 6.45) is 3.98. The summed E-state index contributed by atoms with van der Waals surface area (Å²) in [5.41, 5.74) is 0.896. The largest absolute Gasteiger partial charge is 0.396 e. The molecule has 0 saturated heterocycles. The molecule has 3 unspecified atom stereocenters. The second-order valence-electron chi connectivity index (χ2n) is 5.49. The molecule has 0 heterocycles. The molecule has 1 N–H and O–H groups in total. The minimum Gasteiger partial charge on any atom is -0.396 e. The van der Waals surface area contributed by atoms with Gasteiger partial charge in [-0.05, 0) is 41.9 Å². The maximum Gasteiger partial charge on any atom is 0.0464 e. The van der Waals surface area contributed by atoms with Crippen molar-refractivity contribution in [2.24, 2.45) is 22.7 Å². The zero-order valence-corrected chi connectivity index (χ0v) is 8.43. The molecule has 0 amide bonds. The summed E-state index contributed by atoms with van der Waals surface area (Å²) in [5.74, 6) is 1.45. The van der Waals surface area contributed by atoms with Crippen molar-refractivity contribution in [2.45, 2.75) is 40.0 Å². The first-order valence-electron chi connectivity index (χ1n) is 5.13. The Bertz CT molecular complexity index is 197. The maximum atomic E-state index is 9.29. The van der Waals surface area contributed by atoms with Crippen LogP contribution in [0.2, 0.25) is 0 Å². The van der Waals surface area contributed by atoms with Crippen LogP contribution in [0.1, 0.15) is 40.0 Å². The number of aliphatic hydroxyl groups is 1. The first-order chi connectivity index (χ1) is 5.52. The normalized spacial score (nSPS) is 50.0. The average molecular weight is 168 g/mol. The van der Waals surface area contributed by atoms with Crippen molar-refractivity contribution in [3.63, 3.8) is 0 Å². The molecule has 0 spiro atoms. The summed E-state index contributed by atoms with van der Waals surface area (Å²) in [7, 11) is 0. The van der Waals surface area contributed by atoms with Crippen LogP contribution in [0.4, 0.5) is 0 Å². The SMILES string of the molecule is CC1(C)C2CCC1(C)C(CO)C2. The van der Waals surface area contributed by atoms with Gasteiger partial charge in [-0.3, -0.25) is 0 Å². The molecule has 2 fully saturated rings. The first-order valence-corrected chi connectivity index (χ1v) is 5.13. The minimum atomic E-state index is 0.399. The van der Waals surface area contributed by atoms with Crippen molar-refractivity contribution in [2.75, 3.05) is 6.61 Å². The van der Waals surface area contributed by atoms with Gasteiger partial charge in [0, 0.05) is 6.61 Å². The van der Waals surface area contributed by atoms with E-state index in [0.29, 0.717) is 23.4 Å². The Hall–Kier alpha value is -0.0400. The van der Waals surface area contributed by atoms with Crippen LogP contribution in [-0.4, -0.2) is 11.7 Å². The fraction of sp³-hybridized carbons (Fsp3) is 1.00. The number of rotatable bonds is 1. The van der Waals surface area contributed by atoms with Crippen molar-refractivity contribution in [1.29, 1.82) is 0 Å². The molecule has 3 atom stereocenters. The Kier molecular flexibility index (Phi) is 1.61.